The van der Waals surface area contributed by atoms with E-state index in [2.05, 4.69) is 34.3 Å². The summed E-state index contributed by atoms with van der Waals surface area (Å²) in [7, 11) is 3.66. The highest BCUT2D eigenvalue weighted by Crippen LogP contribution is 2.37. The molecule has 2 atom stereocenters. The summed E-state index contributed by atoms with van der Waals surface area (Å²) in [5, 5.41) is 1.11. The van der Waals surface area contributed by atoms with Crippen molar-refractivity contribution in [1.29, 1.82) is 0 Å². The number of piperidine rings is 1. The van der Waals surface area contributed by atoms with Gasteiger partial charge in [0.15, 0.2) is 5.82 Å². The van der Waals surface area contributed by atoms with Gasteiger partial charge < -0.3 is 24.5 Å². The number of hydrogen-bond donors (Lipinski definition) is 1. The summed E-state index contributed by atoms with van der Waals surface area (Å²) in [6.45, 7) is 6.40. The molecule has 36 heavy (non-hydrogen) atoms. The minimum atomic E-state index is -0.0214. The van der Waals surface area contributed by atoms with Crippen molar-refractivity contribution >= 4 is 28.0 Å². The quantitative estimate of drug-likeness (QED) is 0.458. The first-order valence-electron chi connectivity index (χ1n) is 12.9. The Morgan fingerprint density at radius 2 is 1.97 bits per heavy atom. The number of nitrogens with zero attached hydrogens (tertiary/aromatic N) is 5. The Kier molecular flexibility index (Phi) is 5.52. The van der Waals surface area contributed by atoms with Crippen LogP contribution in [-0.4, -0.2) is 56.2 Å². The Morgan fingerprint density at radius 3 is 2.69 bits per heavy atom. The predicted molar refractivity (Wildman–Crippen MR) is 141 cm³/mol. The fourth-order valence-electron chi connectivity index (χ4n) is 5.72. The molecular formula is C28H34N6O2. The molecule has 1 unspecified atom stereocenters. The topological polar surface area (TPSA) is 91.2 Å². The number of aromatic nitrogens is 4. The number of imidazole rings is 1. The monoisotopic (exact) mass is 486 g/mol. The molecule has 0 radical (unpaired) electrons. The first-order valence-corrected chi connectivity index (χ1v) is 12.9. The maximum Gasteiger partial charge on any atom is 0.254 e. The molecule has 2 aliphatic rings. The molecule has 0 bridgehead atoms. The lowest BCUT2D eigenvalue weighted by atomic mass is 9.96. The minimum Gasteiger partial charge on any atom is -0.494 e. The smallest absolute Gasteiger partial charge is 0.254 e. The number of pyridine rings is 1. The zero-order valence-corrected chi connectivity index (χ0v) is 21.5. The van der Waals surface area contributed by atoms with E-state index in [1.807, 2.05) is 31.0 Å². The third kappa shape index (κ3) is 3.93. The van der Waals surface area contributed by atoms with Crippen LogP contribution in [0, 0.1) is 18.8 Å². The predicted octanol–water partition coefficient (Wildman–Crippen LogP) is 4.13. The van der Waals surface area contributed by atoms with Gasteiger partial charge in [0.05, 0.1) is 18.3 Å². The van der Waals surface area contributed by atoms with Crippen LogP contribution >= 0.6 is 0 Å². The molecule has 1 amide bonds. The fourth-order valence-corrected chi connectivity index (χ4v) is 5.72. The summed E-state index contributed by atoms with van der Waals surface area (Å²) >= 11 is 0. The number of carbonyl (C=O) groups excluding carboxylic acids is 1. The average Bonchev–Trinajstić information content (AvgIpc) is 3.52. The van der Waals surface area contributed by atoms with Crippen molar-refractivity contribution in [2.24, 2.45) is 24.6 Å². The maximum atomic E-state index is 13.5. The number of rotatable bonds is 5. The van der Waals surface area contributed by atoms with Crippen molar-refractivity contribution in [2.45, 2.75) is 45.7 Å². The van der Waals surface area contributed by atoms with Gasteiger partial charge in [-0.1, -0.05) is 6.92 Å². The lowest BCUT2D eigenvalue weighted by molar-refractivity contribution is 0.0661. The van der Waals surface area contributed by atoms with E-state index in [4.69, 9.17) is 20.4 Å². The molecule has 1 aromatic carbocycles. The number of benzene rings is 1. The Bertz CT molecular complexity index is 1470. The van der Waals surface area contributed by atoms with Crippen LogP contribution in [0.25, 0.3) is 33.6 Å². The van der Waals surface area contributed by atoms with Crippen molar-refractivity contribution in [3.63, 3.8) is 0 Å². The van der Waals surface area contributed by atoms with Gasteiger partial charge in [0.1, 0.15) is 16.9 Å². The molecule has 3 aromatic heterocycles. The van der Waals surface area contributed by atoms with E-state index < -0.39 is 0 Å². The number of hydrogen-bond acceptors (Lipinski definition) is 5. The highest BCUT2D eigenvalue weighted by molar-refractivity contribution is 6.00. The Morgan fingerprint density at radius 1 is 1.17 bits per heavy atom. The van der Waals surface area contributed by atoms with Crippen molar-refractivity contribution in [3.05, 3.63) is 41.6 Å². The number of carbonyl (C=O) groups is 1. The zero-order chi connectivity index (χ0) is 25.1. The molecule has 1 saturated heterocycles. The van der Waals surface area contributed by atoms with Gasteiger partial charge in [0, 0.05) is 49.4 Å². The van der Waals surface area contributed by atoms with Crippen molar-refractivity contribution in [1.82, 2.24) is 24.0 Å². The van der Waals surface area contributed by atoms with Gasteiger partial charge in [-0.05, 0) is 68.4 Å². The van der Waals surface area contributed by atoms with Crippen LogP contribution in [0.1, 0.15) is 42.2 Å². The summed E-state index contributed by atoms with van der Waals surface area (Å²) in [6.07, 6.45) is 3.45. The van der Waals surface area contributed by atoms with Gasteiger partial charge >= 0.3 is 0 Å². The van der Waals surface area contributed by atoms with Crippen LogP contribution in [0.5, 0.6) is 5.75 Å². The van der Waals surface area contributed by atoms with Gasteiger partial charge in [-0.3, -0.25) is 4.79 Å². The molecule has 4 aromatic rings. The Labute approximate surface area is 211 Å². The van der Waals surface area contributed by atoms with Crippen LogP contribution in [0.4, 0.5) is 0 Å². The van der Waals surface area contributed by atoms with Crippen LogP contribution in [0.2, 0.25) is 0 Å². The second-order valence-electron chi connectivity index (χ2n) is 10.8. The molecule has 1 saturated carbocycles. The van der Waals surface area contributed by atoms with Gasteiger partial charge in [0.25, 0.3) is 5.91 Å². The zero-order valence-electron chi connectivity index (χ0n) is 21.5. The highest BCUT2D eigenvalue weighted by Gasteiger charge is 2.29. The molecule has 4 heterocycles. The summed E-state index contributed by atoms with van der Waals surface area (Å²) in [6, 6.07) is 10.1. The number of fused-ring (bicyclic) bond motifs is 2. The van der Waals surface area contributed by atoms with E-state index in [1.54, 1.807) is 7.11 Å². The van der Waals surface area contributed by atoms with E-state index in [-0.39, 0.29) is 11.9 Å². The summed E-state index contributed by atoms with van der Waals surface area (Å²) < 4.78 is 10.2. The van der Waals surface area contributed by atoms with Crippen LogP contribution in [0.3, 0.4) is 0 Å². The normalized spacial score (nSPS) is 20.4. The lowest BCUT2D eigenvalue weighted by Gasteiger charge is -2.34. The number of amides is 1. The summed E-state index contributed by atoms with van der Waals surface area (Å²) in [4.78, 5) is 25.2. The minimum absolute atomic E-state index is 0.00964. The molecule has 0 spiro atoms. The molecule has 2 N–H and O–H groups in total. The fraction of sp³-hybridized carbons (Fsp3) is 0.464. The number of aryl methyl sites for hydroxylation is 2. The van der Waals surface area contributed by atoms with E-state index in [0.717, 1.165) is 52.2 Å². The number of likely N-dealkylation sites (tertiary alicyclic amines) is 1. The second-order valence-corrected chi connectivity index (χ2v) is 10.8. The SMILES string of the molecule is COc1cc(C(=O)N2CC(N)C[C@@H](C)C2)cc2nc(-c3cc4ccc(C)nc4n3CC3CC3)n(C)c12. The Balaban J connectivity index is 1.47. The number of methoxy groups -OCH3 is 1. The molecule has 6 rings (SSSR count). The maximum absolute atomic E-state index is 13.5. The van der Waals surface area contributed by atoms with Crippen LogP contribution < -0.4 is 10.5 Å². The van der Waals surface area contributed by atoms with E-state index in [9.17, 15) is 4.79 Å². The molecule has 1 aliphatic heterocycles. The summed E-state index contributed by atoms with van der Waals surface area (Å²) in [5.74, 6) is 2.54. The molecule has 8 nitrogen and oxygen atoms in total. The number of nitrogens with two attached hydrogens (primary N) is 1. The first-order chi connectivity index (χ1) is 17.3. The van der Waals surface area contributed by atoms with Gasteiger partial charge in [-0.25, -0.2) is 9.97 Å². The largest absolute Gasteiger partial charge is 0.494 e. The molecule has 2 fully saturated rings. The van der Waals surface area contributed by atoms with Gasteiger partial charge in [0.2, 0.25) is 0 Å². The molecule has 8 heteroatoms. The van der Waals surface area contributed by atoms with Crippen LogP contribution in [0.15, 0.2) is 30.3 Å². The molecule has 188 valence electrons. The lowest BCUT2D eigenvalue weighted by Crippen LogP contribution is -2.48. The molecule has 1 aliphatic carbocycles. The van der Waals surface area contributed by atoms with Crippen LogP contribution in [-0.2, 0) is 13.6 Å². The van der Waals surface area contributed by atoms with Crippen molar-refractivity contribution in [2.75, 3.05) is 20.2 Å². The van der Waals surface area contributed by atoms with Crippen molar-refractivity contribution < 1.29 is 9.53 Å². The molecular weight excluding hydrogens is 452 g/mol. The van der Waals surface area contributed by atoms with E-state index in [0.29, 0.717) is 36.2 Å². The Hall–Kier alpha value is -3.39. The third-order valence-electron chi connectivity index (χ3n) is 7.63. The van der Waals surface area contributed by atoms with E-state index >= 15 is 0 Å². The number of ether oxygens (including phenoxy) is 1. The third-order valence-corrected chi connectivity index (χ3v) is 7.63. The highest BCUT2D eigenvalue weighted by atomic mass is 16.5. The second kappa shape index (κ2) is 8.62. The van der Waals surface area contributed by atoms with E-state index in [1.165, 1.54) is 12.8 Å². The first kappa shape index (κ1) is 23.0. The average molecular weight is 487 g/mol. The van der Waals surface area contributed by atoms with Gasteiger partial charge in [-0.2, -0.15) is 0 Å². The van der Waals surface area contributed by atoms with Gasteiger partial charge in [-0.15, -0.1) is 0 Å². The van der Waals surface area contributed by atoms with Crippen molar-refractivity contribution in [3.8, 4) is 17.3 Å². The summed E-state index contributed by atoms with van der Waals surface area (Å²) in [5.41, 5.74) is 11.5. The standard InChI is InChI=1S/C28H34N6O2/c1-16-9-21(29)15-33(13-16)28(35)20-10-22-25(24(12-20)36-4)32(3)27(31-22)23-11-19-8-5-17(2)30-26(19)34(23)14-18-6-7-18/h5,8,10-12,16,18,21H,6-7,9,13-15,29H2,1-4H3/t16-,21?/m1/s1.